The van der Waals surface area contributed by atoms with Crippen molar-refractivity contribution in [3.63, 3.8) is 0 Å². The molecular weight excluding hydrogens is 274 g/mol. The summed E-state index contributed by atoms with van der Waals surface area (Å²) in [5, 5.41) is 20.0. The summed E-state index contributed by atoms with van der Waals surface area (Å²) in [7, 11) is 0. The summed E-state index contributed by atoms with van der Waals surface area (Å²) >= 11 is 0. The Hall–Kier alpha value is -2.37. The number of benzene rings is 1. The lowest BCUT2D eigenvalue weighted by Crippen LogP contribution is -2.42. The van der Waals surface area contributed by atoms with Crippen molar-refractivity contribution in [2.75, 3.05) is 0 Å². The van der Waals surface area contributed by atoms with Crippen LogP contribution in [0.25, 0.3) is 0 Å². The van der Waals surface area contributed by atoms with Crippen molar-refractivity contribution in [2.45, 2.75) is 31.2 Å². The third kappa shape index (κ3) is 4.05. The molecule has 0 heterocycles. The Morgan fingerprint density at radius 3 is 2.43 bits per heavy atom. The van der Waals surface area contributed by atoms with Gasteiger partial charge in [0.1, 0.15) is 6.04 Å². The first-order valence-corrected chi connectivity index (χ1v) is 6.79. The lowest BCUT2D eigenvalue weighted by atomic mass is 10.1. The molecular formula is C15H17NO5. The second-order valence-electron chi connectivity index (χ2n) is 5.19. The van der Waals surface area contributed by atoms with Crippen LogP contribution in [0.5, 0.6) is 0 Å². The second-order valence-corrected chi connectivity index (χ2v) is 5.19. The largest absolute Gasteiger partial charge is 0.481 e. The van der Waals surface area contributed by atoms with Crippen molar-refractivity contribution in [3.8, 4) is 0 Å². The smallest absolute Gasteiger partial charge is 0.326 e. The van der Waals surface area contributed by atoms with Crippen molar-refractivity contribution in [1.82, 2.24) is 5.32 Å². The van der Waals surface area contributed by atoms with Crippen molar-refractivity contribution in [3.05, 3.63) is 35.9 Å². The number of rotatable bonds is 7. The summed E-state index contributed by atoms with van der Waals surface area (Å²) in [6.07, 6.45) is 0.296. The Balaban J connectivity index is 1.89. The second kappa shape index (κ2) is 6.39. The van der Waals surface area contributed by atoms with E-state index in [1.165, 1.54) is 0 Å². The molecule has 0 radical (unpaired) electrons. The zero-order valence-electron chi connectivity index (χ0n) is 11.4. The van der Waals surface area contributed by atoms with Gasteiger partial charge in [0, 0.05) is 12.3 Å². The van der Waals surface area contributed by atoms with Gasteiger partial charge in [-0.05, 0) is 24.3 Å². The zero-order chi connectivity index (χ0) is 15.4. The van der Waals surface area contributed by atoms with E-state index in [1.54, 1.807) is 0 Å². The van der Waals surface area contributed by atoms with Gasteiger partial charge in [0.05, 0.1) is 0 Å². The molecule has 1 fully saturated rings. The summed E-state index contributed by atoms with van der Waals surface area (Å²) in [5.41, 5.74) is 1.06. The van der Waals surface area contributed by atoms with Crippen LogP contribution in [0, 0.1) is 5.92 Å². The minimum absolute atomic E-state index is 0.112. The van der Waals surface area contributed by atoms with Crippen molar-refractivity contribution in [1.29, 1.82) is 0 Å². The van der Waals surface area contributed by atoms with E-state index in [0.717, 1.165) is 5.56 Å². The van der Waals surface area contributed by atoms with E-state index in [-0.39, 0.29) is 30.6 Å². The SMILES string of the molecule is O=C(O)CCC(NC(=O)C1CC1c1ccccc1)C(=O)O. The molecule has 3 N–H and O–H groups in total. The Kier molecular flexibility index (Phi) is 4.57. The van der Waals surface area contributed by atoms with Gasteiger partial charge in [-0.15, -0.1) is 0 Å². The number of hydrogen-bond acceptors (Lipinski definition) is 3. The fourth-order valence-corrected chi connectivity index (χ4v) is 2.36. The highest BCUT2D eigenvalue weighted by Crippen LogP contribution is 2.47. The van der Waals surface area contributed by atoms with Gasteiger partial charge in [-0.25, -0.2) is 4.79 Å². The summed E-state index contributed by atoms with van der Waals surface area (Å²) < 4.78 is 0. The molecule has 6 nitrogen and oxygen atoms in total. The first kappa shape index (κ1) is 15.0. The van der Waals surface area contributed by atoms with Gasteiger partial charge < -0.3 is 15.5 Å². The Morgan fingerprint density at radius 1 is 1.19 bits per heavy atom. The van der Waals surface area contributed by atoms with E-state index in [2.05, 4.69) is 5.32 Å². The van der Waals surface area contributed by atoms with Gasteiger partial charge in [0.2, 0.25) is 5.91 Å². The van der Waals surface area contributed by atoms with Gasteiger partial charge in [0.15, 0.2) is 0 Å². The van der Waals surface area contributed by atoms with Crippen LogP contribution in [-0.4, -0.2) is 34.1 Å². The molecule has 0 spiro atoms. The molecule has 0 aromatic heterocycles. The number of amides is 1. The number of carbonyl (C=O) groups excluding carboxylic acids is 1. The summed E-state index contributed by atoms with van der Waals surface area (Å²) in [4.78, 5) is 33.6. The van der Waals surface area contributed by atoms with Gasteiger partial charge in [-0.2, -0.15) is 0 Å². The number of hydrogen-bond donors (Lipinski definition) is 3. The average molecular weight is 291 g/mol. The molecule has 1 aliphatic carbocycles. The van der Waals surface area contributed by atoms with Gasteiger partial charge >= 0.3 is 11.9 Å². The molecule has 0 aliphatic heterocycles. The lowest BCUT2D eigenvalue weighted by molar-refractivity contribution is -0.143. The predicted octanol–water partition coefficient (Wildman–Crippen LogP) is 1.22. The molecule has 112 valence electrons. The molecule has 1 aromatic rings. The van der Waals surface area contributed by atoms with Crippen molar-refractivity contribution in [2.24, 2.45) is 5.92 Å². The molecule has 6 heteroatoms. The van der Waals surface area contributed by atoms with E-state index in [9.17, 15) is 14.4 Å². The molecule has 21 heavy (non-hydrogen) atoms. The molecule has 3 unspecified atom stereocenters. The van der Waals surface area contributed by atoms with Crippen LogP contribution in [0.1, 0.15) is 30.7 Å². The van der Waals surface area contributed by atoms with Gasteiger partial charge in [-0.3, -0.25) is 9.59 Å². The minimum Gasteiger partial charge on any atom is -0.481 e. The van der Waals surface area contributed by atoms with Crippen LogP contribution in [0.3, 0.4) is 0 Å². The maximum atomic E-state index is 12.0. The zero-order valence-corrected chi connectivity index (χ0v) is 11.4. The molecule has 1 aliphatic rings. The molecule has 0 bridgehead atoms. The van der Waals surface area contributed by atoms with E-state index in [4.69, 9.17) is 10.2 Å². The highest BCUT2D eigenvalue weighted by atomic mass is 16.4. The average Bonchev–Trinajstić information content (AvgIpc) is 3.24. The predicted molar refractivity (Wildman–Crippen MR) is 73.7 cm³/mol. The fraction of sp³-hybridized carbons (Fsp3) is 0.400. The van der Waals surface area contributed by atoms with E-state index < -0.39 is 18.0 Å². The first-order valence-electron chi connectivity index (χ1n) is 6.79. The number of nitrogens with one attached hydrogen (secondary N) is 1. The highest BCUT2D eigenvalue weighted by Gasteiger charge is 2.44. The Bertz CT molecular complexity index is 542. The maximum absolute atomic E-state index is 12.0. The monoisotopic (exact) mass is 291 g/mol. The topological polar surface area (TPSA) is 104 Å². The molecule has 0 saturated heterocycles. The standard InChI is InChI=1S/C15H17NO5/c17-13(18)7-6-12(15(20)21)16-14(19)11-8-10(11)9-4-2-1-3-5-9/h1-5,10-12H,6-8H2,(H,16,19)(H,17,18)(H,20,21). The van der Waals surface area contributed by atoms with E-state index >= 15 is 0 Å². The summed E-state index contributed by atoms with van der Waals surface area (Å²) in [6, 6.07) is 8.43. The minimum atomic E-state index is -1.21. The van der Waals surface area contributed by atoms with Crippen LogP contribution >= 0.6 is 0 Å². The van der Waals surface area contributed by atoms with Gasteiger partial charge in [0.25, 0.3) is 0 Å². The van der Waals surface area contributed by atoms with Crippen LogP contribution < -0.4 is 5.32 Å². The third-order valence-electron chi connectivity index (χ3n) is 3.62. The van der Waals surface area contributed by atoms with E-state index in [1.807, 2.05) is 30.3 Å². The lowest BCUT2D eigenvalue weighted by Gasteiger charge is -2.13. The fourth-order valence-electron chi connectivity index (χ4n) is 2.36. The van der Waals surface area contributed by atoms with Gasteiger partial charge in [-0.1, -0.05) is 30.3 Å². The number of carboxylic acid groups (broad SMARTS) is 2. The third-order valence-corrected chi connectivity index (χ3v) is 3.62. The Morgan fingerprint density at radius 2 is 1.86 bits per heavy atom. The van der Waals surface area contributed by atoms with Crippen LogP contribution in [0.4, 0.5) is 0 Å². The quantitative estimate of drug-likeness (QED) is 0.701. The van der Waals surface area contributed by atoms with E-state index in [0.29, 0.717) is 6.42 Å². The van der Waals surface area contributed by atoms with Crippen molar-refractivity contribution < 1.29 is 24.6 Å². The molecule has 3 atom stereocenters. The molecule has 1 amide bonds. The van der Waals surface area contributed by atoms with Crippen LogP contribution in [0.2, 0.25) is 0 Å². The molecule has 2 rings (SSSR count). The normalized spacial score (nSPS) is 21.3. The summed E-state index contributed by atoms with van der Waals surface area (Å²) in [6.45, 7) is 0. The molecule has 1 aromatic carbocycles. The number of carboxylic acids is 2. The Labute approximate surface area is 121 Å². The van der Waals surface area contributed by atoms with Crippen LogP contribution in [-0.2, 0) is 14.4 Å². The summed E-state index contributed by atoms with van der Waals surface area (Å²) in [5.74, 6) is -2.70. The first-order chi connectivity index (χ1) is 9.99. The maximum Gasteiger partial charge on any atom is 0.326 e. The number of aliphatic carboxylic acids is 2. The number of carbonyl (C=O) groups is 3. The molecule has 1 saturated carbocycles. The van der Waals surface area contributed by atoms with Crippen molar-refractivity contribution >= 4 is 17.8 Å². The highest BCUT2D eigenvalue weighted by molar-refractivity contribution is 5.87. The van der Waals surface area contributed by atoms with Crippen LogP contribution in [0.15, 0.2) is 30.3 Å².